The average Bonchev–Trinajstić information content (AvgIpc) is 3.20. The third-order valence-electron chi connectivity index (χ3n) is 12.8. The molecule has 14 heteroatoms. The zero-order valence-corrected chi connectivity index (χ0v) is 29.6. The quantitative estimate of drug-likeness (QED) is 0.127. The molecule has 4 unspecified atom stereocenters. The lowest BCUT2D eigenvalue weighted by Crippen LogP contribution is -2.66. The van der Waals surface area contributed by atoms with E-state index in [0.717, 1.165) is 0 Å². The number of aliphatic hydroxyl groups excluding tert-OH is 5. The van der Waals surface area contributed by atoms with Crippen LogP contribution in [0.4, 0.5) is 0 Å². The van der Waals surface area contributed by atoms with Gasteiger partial charge in [0.15, 0.2) is 6.29 Å². The largest absolute Gasteiger partial charge is 0.397 e. The smallest absolute Gasteiger partial charge is 0.396 e. The minimum Gasteiger partial charge on any atom is -0.396 e. The molecule has 7 N–H and O–H groups in total. The van der Waals surface area contributed by atoms with Crippen LogP contribution in [-0.2, 0) is 28.8 Å². The number of ether oxygens (including phenoxy) is 3. The van der Waals surface area contributed by atoms with Crippen molar-refractivity contribution in [2.24, 2.45) is 46.3 Å². The highest BCUT2D eigenvalue weighted by Gasteiger charge is 2.73. The number of methoxy groups -OCH3 is 1. The molecule has 1 saturated heterocycles. The Morgan fingerprint density at radius 1 is 1.04 bits per heavy atom. The molecule has 5 rings (SSSR count). The summed E-state index contributed by atoms with van der Waals surface area (Å²) in [6.45, 7) is 9.65. The van der Waals surface area contributed by atoms with Crippen LogP contribution in [0.2, 0.25) is 0 Å². The Kier molecular flexibility index (Phi) is 11.0. The molecule has 0 radical (unpaired) electrons. The molecule has 16 atom stereocenters. The molecule has 0 bridgehead atoms. The minimum absolute atomic E-state index is 0.0478. The number of rotatable bonds is 10. The van der Waals surface area contributed by atoms with E-state index < -0.39 is 93.6 Å². The second-order valence-electron chi connectivity index (χ2n) is 15.8. The molecule has 1 heterocycles. The standard InChI is InChI=1S/C34H56O13S/c1-17(2)19(15-35)8-7-18(3)25-27(39)28(47-48(41,42)43)30-33(25,5)12-10-24-32(4)11-9-20(13-21(32)22(36)14-34(24,30)40)46-31-29(44-6)26(38)23(37)16-45-31/h7-8,13,17-20,22-31,35-40H,9-12,14-16H2,1-6H3,(H,41,42,43)/t18-,19-,20?,22?,23-,24-,25+,26+,27?,28?,29-,30-,31+,32+,33-,34+/m1/s1. The SMILES string of the molecule is CO[C@H]1[C@H](OC2C=C3C(O)C[C@@]4(O)[C@@H]5C(OS(=O)(=O)O)C(O)[C@H]([C@H](C)C=C[C@H](CO)C(C)C)[C@@]5(C)CC[C@@H]4[C@@]3(C)CC2)OC[C@@H](O)[C@@H]1O. The molecule has 0 aromatic carbocycles. The highest BCUT2D eigenvalue weighted by atomic mass is 32.3. The molecular formula is C34H56O13S. The molecule has 276 valence electrons. The van der Waals surface area contributed by atoms with Crippen LogP contribution < -0.4 is 0 Å². The summed E-state index contributed by atoms with van der Waals surface area (Å²) in [5.41, 5.74) is -2.54. The van der Waals surface area contributed by atoms with Crippen LogP contribution in [0.25, 0.3) is 0 Å². The number of hydrogen-bond acceptors (Lipinski definition) is 12. The molecular weight excluding hydrogens is 648 g/mol. The van der Waals surface area contributed by atoms with Crippen molar-refractivity contribution in [2.45, 2.75) is 121 Å². The van der Waals surface area contributed by atoms with Crippen LogP contribution in [0.1, 0.15) is 66.7 Å². The van der Waals surface area contributed by atoms with Gasteiger partial charge in [0.2, 0.25) is 0 Å². The van der Waals surface area contributed by atoms with Gasteiger partial charge in [-0.25, -0.2) is 4.18 Å². The second kappa shape index (κ2) is 13.8. The van der Waals surface area contributed by atoms with Crippen molar-refractivity contribution in [1.29, 1.82) is 0 Å². The highest BCUT2D eigenvalue weighted by molar-refractivity contribution is 7.80. The fourth-order valence-corrected chi connectivity index (χ4v) is 11.0. The van der Waals surface area contributed by atoms with Crippen molar-refractivity contribution < 1.29 is 62.0 Å². The number of aliphatic hydroxyl groups is 6. The first-order valence-electron chi connectivity index (χ1n) is 17.2. The van der Waals surface area contributed by atoms with Gasteiger partial charge in [-0.2, -0.15) is 8.42 Å². The van der Waals surface area contributed by atoms with Gasteiger partial charge in [0.05, 0.1) is 30.5 Å². The Morgan fingerprint density at radius 3 is 2.33 bits per heavy atom. The van der Waals surface area contributed by atoms with Gasteiger partial charge in [-0.3, -0.25) is 4.55 Å². The zero-order chi connectivity index (χ0) is 35.6. The van der Waals surface area contributed by atoms with Crippen molar-refractivity contribution in [1.82, 2.24) is 0 Å². The monoisotopic (exact) mass is 704 g/mol. The maximum atomic E-state index is 12.8. The van der Waals surface area contributed by atoms with Gasteiger partial charge in [-0.1, -0.05) is 52.8 Å². The Labute approximate surface area is 283 Å². The van der Waals surface area contributed by atoms with E-state index in [1.54, 1.807) is 0 Å². The maximum absolute atomic E-state index is 12.8. The summed E-state index contributed by atoms with van der Waals surface area (Å²) in [6, 6.07) is 0. The van der Waals surface area contributed by atoms with E-state index in [0.29, 0.717) is 31.3 Å². The predicted octanol–water partition coefficient (Wildman–Crippen LogP) is 1.35. The third kappa shape index (κ3) is 6.58. The Balaban J connectivity index is 1.47. The lowest BCUT2D eigenvalue weighted by atomic mass is 9.43. The molecule has 0 aromatic rings. The fraction of sp³-hybridized carbons (Fsp3) is 0.882. The van der Waals surface area contributed by atoms with Crippen molar-refractivity contribution in [3.05, 3.63) is 23.8 Å². The van der Waals surface area contributed by atoms with Crippen molar-refractivity contribution in [2.75, 3.05) is 20.3 Å². The molecule has 0 amide bonds. The summed E-state index contributed by atoms with van der Waals surface area (Å²) >= 11 is 0. The molecule has 5 aliphatic rings. The first-order valence-corrected chi connectivity index (χ1v) is 18.6. The molecule has 4 aliphatic carbocycles. The molecule has 1 aliphatic heterocycles. The van der Waals surface area contributed by atoms with Gasteiger partial charge in [-0.05, 0) is 65.8 Å². The Hall–Kier alpha value is -1.01. The van der Waals surface area contributed by atoms with E-state index in [4.69, 9.17) is 18.4 Å². The van der Waals surface area contributed by atoms with Crippen LogP contribution in [-0.4, -0.2) is 119 Å². The number of hydrogen-bond donors (Lipinski definition) is 7. The van der Waals surface area contributed by atoms with Crippen molar-refractivity contribution >= 4 is 10.4 Å². The topological polar surface area (TPSA) is 213 Å². The van der Waals surface area contributed by atoms with E-state index in [1.807, 2.05) is 52.8 Å². The molecule has 4 fully saturated rings. The predicted molar refractivity (Wildman–Crippen MR) is 172 cm³/mol. The fourth-order valence-electron chi connectivity index (χ4n) is 10.5. The van der Waals surface area contributed by atoms with Gasteiger partial charge in [-0.15, -0.1) is 0 Å². The molecule has 48 heavy (non-hydrogen) atoms. The molecule has 13 nitrogen and oxygen atoms in total. The lowest BCUT2D eigenvalue weighted by molar-refractivity contribution is -0.285. The van der Waals surface area contributed by atoms with Crippen molar-refractivity contribution in [3.63, 3.8) is 0 Å². The summed E-state index contributed by atoms with van der Waals surface area (Å²) in [5.74, 6) is -2.21. The van der Waals surface area contributed by atoms with Gasteiger partial charge in [0, 0.05) is 32.0 Å². The van der Waals surface area contributed by atoms with E-state index in [1.165, 1.54) is 7.11 Å². The van der Waals surface area contributed by atoms with Crippen LogP contribution in [0.15, 0.2) is 23.8 Å². The average molecular weight is 705 g/mol. The summed E-state index contributed by atoms with van der Waals surface area (Å²) in [5, 5.41) is 66.7. The minimum atomic E-state index is -5.03. The number of fused-ring (bicyclic) bond motifs is 5. The maximum Gasteiger partial charge on any atom is 0.397 e. The van der Waals surface area contributed by atoms with Crippen LogP contribution >= 0.6 is 0 Å². The molecule has 0 spiro atoms. The summed E-state index contributed by atoms with van der Waals surface area (Å²) < 4.78 is 56.7. The normalized spacial score (nSPS) is 47.7. The van der Waals surface area contributed by atoms with Crippen LogP contribution in [0.5, 0.6) is 0 Å². The summed E-state index contributed by atoms with van der Waals surface area (Å²) in [6.07, 6.45) is -1.10. The first kappa shape index (κ1) is 38.2. The van der Waals surface area contributed by atoms with Crippen LogP contribution in [0, 0.1) is 46.3 Å². The lowest BCUT2D eigenvalue weighted by Gasteiger charge is -2.64. The Morgan fingerprint density at radius 2 is 1.73 bits per heavy atom. The first-order chi connectivity index (χ1) is 22.3. The second-order valence-corrected chi connectivity index (χ2v) is 16.9. The Bertz CT molecular complexity index is 1320. The summed E-state index contributed by atoms with van der Waals surface area (Å²) in [4.78, 5) is 0. The van der Waals surface area contributed by atoms with E-state index in [2.05, 4.69) is 0 Å². The van der Waals surface area contributed by atoms with E-state index in [-0.39, 0.29) is 37.4 Å². The van der Waals surface area contributed by atoms with E-state index >= 15 is 0 Å². The van der Waals surface area contributed by atoms with Crippen molar-refractivity contribution in [3.8, 4) is 0 Å². The number of allylic oxidation sites excluding steroid dienone is 1. The van der Waals surface area contributed by atoms with Gasteiger partial charge >= 0.3 is 10.4 Å². The zero-order valence-electron chi connectivity index (χ0n) is 28.8. The molecule has 3 saturated carbocycles. The molecule has 0 aromatic heterocycles. The van der Waals surface area contributed by atoms with Crippen LogP contribution in [0.3, 0.4) is 0 Å². The van der Waals surface area contributed by atoms with Gasteiger partial charge in [0.25, 0.3) is 0 Å². The van der Waals surface area contributed by atoms with Gasteiger partial charge < -0.3 is 44.8 Å². The third-order valence-corrected chi connectivity index (χ3v) is 13.2. The van der Waals surface area contributed by atoms with Gasteiger partial charge in [0.1, 0.15) is 24.4 Å². The summed E-state index contributed by atoms with van der Waals surface area (Å²) in [7, 11) is -3.64. The van der Waals surface area contributed by atoms with E-state index in [9.17, 15) is 43.6 Å². The highest BCUT2D eigenvalue weighted by Crippen LogP contribution is 2.69.